The van der Waals surface area contributed by atoms with Gasteiger partial charge in [-0.25, -0.2) is 4.79 Å². The summed E-state index contributed by atoms with van der Waals surface area (Å²) in [5, 5.41) is 2.97. The fourth-order valence-electron chi connectivity index (χ4n) is 3.30. The van der Waals surface area contributed by atoms with Crippen molar-refractivity contribution in [2.45, 2.75) is 84.8 Å². The van der Waals surface area contributed by atoms with Crippen LogP contribution >= 0.6 is 0 Å². The lowest BCUT2D eigenvalue weighted by molar-refractivity contribution is -0.149. The Morgan fingerprint density at radius 3 is 2.22 bits per heavy atom. The summed E-state index contributed by atoms with van der Waals surface area (Å²) >= 11 is 0. The Kier molecular flexibility index (Phi) is 7.86. The molecule has 0 radical (unpaired) electrons. The van der Waals surface area contributed by atoms with Gasteiger partial charge in [-0.3, -0.25) is 4.79 Å². The molecule has 0 aromatic carbocycles. The van der Waals surface area contributed by atoms with Gasteiger partial charge in [0.05, 0.1) is 12.5 Å². The molecule has 5 heteroatoms. The third-order valence-corrected chi connectivity index (χ3v) is 4.30. The first-order valence-electron chi connectivity index (χ1n) is 8.94. The first-order chi connectivity index (χ1) is 10.8. The summed E-state index contributed by atoms with van der Waals surface area (Å²) in [6.45, 7) is 9.65. The van der Waals surface area contributed by atoms with Gasteiger partial charge >= 0.3 is 12.1 Å². The topological polar surface area (TPSA) is 64.6 Å². The molecule has 5 nitrogen and oxygen atoms in total. The van der Waals surface area contributed by atoms with Crippen LogP contribution in [0, 0.1) is 11.8 Å². The van der Waals surface area contributed by atoms with E-state index in [1.54, 1.807) is 0 Å². The molecule has 0 heterocycles. The molecular formula is C18H33NO4. The van der Waals surface area contributed by atoms with Crippen molar-refractivity contribution in [2.75, 3.05) is 6.61 Å². The summed E-state index contributed by atoms with van der Waals surface area (Å²) in [5.41, 5.74) is -0.549. The number of carbonyl (C=O) groups is 2. The van der Waals surface area contributed by atoms with E-state index in [-0.39, 0.29) is 17.9 Å². The van der Waals surface area contributed by atoms with Crippen molar-refractivity contribution in [2.24, 2.45) is 11.8 Å². The summed E-state index contributed by atoms with van der Waals surface area (Å²) in [6.07, 6.45) is 5.80. The minimum Gasteiger partial charge on any atom is -0.466 e. The maximum atomic E-state index is 12.3. The van der Waals surface area contributed by atoms with E-state index in [0.717, 1.165) is 25.7 Å². The molecule has 0 saturated heterocycles. The van der Waals surface area contributed by atoms with Crippen LogP contribution in [0.4, 0.5) is 4.79 Å². The molecule has 134 valence electrons. The monoisotopic (exact) mass is 327 g/mol. The predicted molar refractivity (Wildman–Crippen MR) is 90.1 cm³/mol. The van der Waals surface area contributed by atoms with Crippen LogP contribution in [-0.4, -0.2) is 30.3 Å². The van der Waals surface area contributed by atoms with E-state index in [1.165, 1.54) is 6.42 Å². The number of rotatable bonds is 6. The zero-order valence-corrected chi connectivity index (χ0v) is 15.3. The van der Waals surface area contributed by atoms with Gasteiger partial charge in [-0.15, -0.1) is 0 Å². The molecule has 2 unspecified atom stereocenters. The van der Waals surface area contributed by atoms with Crippen LogP contribution in [0.3, 0.4) is 0 Å². The van der Waals surface area contributed by atoms with Crippen LogP contribution in [0.15, 0.2) is 0 Å². The summed E-state index contributed by atoms with van der Waals surface area (Å²) < 4.78 is 10.6. The van der Waals surface area contributed by atoms with E-state index in [2.05, 4.69) is 5.32 Å². The van der Waals surface area contributed by atoms with Gasteiger partial charge in [0.1, 0.15) is 5.60 Å². The molecule has 1 fully saturated rings. The number of alkyl carbamates (subject to hydrolysis) is 1. The molecule has 1 N–H and O–H groups in total. The van der Waals surface area contributed by atoms with Crippen LogP contribution in [-0.2, 0) is 14.3 Å². The molecule has 1 amide bonds. The highest BCUT2D eigenvalue weighted by atomic mass is 16.6. The first-order valence-corrected chi connectivity index (χ1v) is 8.94. The second-order valence-corrected chi connectivity index (χ2v) is 7.34. The Hall–Kier alpha value is -1.26. The van der Waals surface area contributed by atoms with E-state index >= 15 is 0 Å². The maximum Gasteiger partial charge on any atom is 0.407 e. The lowest BCUT2D eigenvalue weighted by Gasteiger charge is -2.35. The highest BCUT2D eigenvalue weighted by Gasteiger charge is 2.36. The lowest BCUT2D eigenvalue weighted by Crippen LogP contribution is -2.50. The Morgan fingerprint density at radius 2 is 1.74 bits per heavy atom. The molecule has 1 saturated carbocycles. The van der Waals surface area contributed by atoms with Crippen molar-refractivity contribution in [3.05, 3.63) is 0 Å². The standard InChI is InChI=1S/C18H33NO4/c1-6-14(16(20)22-7-2)15(13-11-9-8-10-12-13)19-17(21)23-18(3,4)5/h13-15H,6-12H2,1-5H3,(H,19,21). The molecule has 1 rings (SSSR count). The largest absolute Gasteiger partial charge is 0.466 e. The molecule has 1 aliphatic carbocycles. The van der Waals surface area contributed by atoms with Crippen LogP contribution < -0.4 is 5.32 Å². The van der Waals surface area contributed by atoms with Crippen LogP contribution in [0.5, 0.6) is 0 Å². The predicted octanol–water partition coefficient (Wildman–Crippen LogP) is 4.05. The molecule has 23 heavy (non-hydrogen) atoms. The van der Waals surface area contributed by atoms with Crippen molar-refractivity contribution >= 4 is 12.1 Å². The number of ether oxygens (including phenoxy) is 2. The number of esters is 1. The molecule has 1 aliphatic rings. The van der Waals surface area contributed by atoms with E-state index in [4.69, 9.17) is 9.47 Å². The van der Waals surface area contributed by atoms with Crippen molar-refractivity contribution < 1.29 is 19.1 Å². The lowest BCUT2D eigenvalue weighted by atomic mass is 9.78. The van der Waals surface area contributed by atoms with E-state index in [1.807, 2.05) is 34.6 Å². The van der Waals surface area contributed by atoms with Gasteiger partial charge in [0.2, 0.25) is 0 Å². The zero-order valence-electron chi connectivity index (χ0n) is 15.3. The molecule has 0 aromatic rings. The van der Waals surface area contributed by atoms with Gasteiger partial charge in [0.25, 0.3) is 0 Å². The molecule has 0 aromatic heterocycles. The Bertz CT molecular complexity index is 383. The zero-order chi connectivity index (χ0) is 17.5. The van der Waals surface area contributed by atoms with Gasteiger partial charge in [-0.05, 0) is 52.9 Å². The fourth-order valence-corrected chi connectivity index (χ4v) is 3.30. The van der Waals surface area contributed by atoms with Crippen LogP contribution in [0.2, 0.25) is 0 Å². The normalized spacial score (nSPS) is 18.8. The Labute approximate surface area is 140 Å². The second-order valence-electron chi connectivity index (χ2n) is 7.34. The van der Waals surface area contributed by atoms with Gasteiger partial charge in [0, 0.05) is 6.04 Å². The first kappa shape index (κ1) is 19.8. The Morgan fingerprint density at radius 1 is 1.13 bits per heavy atom. The molecule has 0 aliphatic heterocycles. The minimum atomic E-state index is -0.549. The van der Waals surface area contributed by atoms with Gasteiger partial charge in [-0.2, -0.15) is 0 Å². The summed E-state index contributed by atoms with van der Waals surface area (Å²) in [5.74, 6) is -0.224. The summed E-state index contributed by atoms with van der Waals surface area (Å²) in [6, 6.07) is -0.214. The van der Waals surface area contributed by atoms with Crippen molar-refractivity contribution in [3.8, 4) is 0 Å². The van der Waals surface area contributed by atoms with Gasteiger partial charge in [0.15, 0.2) is 0 Å². The Balaban J connectivity index is 2.86. The number of amides is 1. The number of nitrogens with one attached hydrogen (secondary N) is 1. The SMILES string of the molecule is CCOC(=O)C(CC)C(NC(=O)OC(C)(C)C)C1CCCCC1. The highest BCUT2D eigenvalue weighted by Crippen LogP contribution is 2.31. The second kappa shape index (κ2) is 9.14. The highest BCUT2D eigenvalue weighted by molar-refractivity contribution is 5.75. The number of carbonyl (C=O) groups excluding carboxylic acids is 2. The molecule has 2 atom stereocenters. The van der Waals surface area contributed by atoms with Gasteiger partial charge in [-0.1, -0.05) is 26.2 Å². The van der Waals surface area contributed by atoms with Crippen LogP contribution in [0.1, 0.15) is 73.1 Å². The van der Waals surface area contributed by atoms with Crippen molar-refractivity contribution in [1.29, 1.82) is 0 Å². The van der Waals surface area contributed by atoms with Gasteiger partial charge < -0.3 is 14.8 Å². The van der Waals surface area contributed by atoms with Crippen molar-refractivity contribution in [1.82, 2.24) is 5.32 Å². The summed E-state index contributed by atoms with van der Waals surface area (Å²) in [4.78, 5) is 24.5. The number of hydrogen-bond donors (Lipinski definition) is 1. The van der Waals surface area contributed by atoms with Crippen LogP contribution in [0.25, 0.3) is 0 Å². The molecule has 0 bridgehead atoms. The minimum absolute atomic E-state index is 0.214. The van der Waals surface area contributed by atoms with Crippen molar-refractivity contribution in [3.63, 3.8) is 0 Å². The van der Waals surface area contributed by atoms with E-state index in [0.29, 0.717) is 18.9 Å². The van der Waals surface area contributed by atoms with E-state index in [9.17, 15) is 9.59 Å². The summed E-state index contributed by atoms with van der Waals surface area (Å²) in [7, 11) is 0. The quantitative estimate of drug-likeness (QED) is 0.748. The average Bonchev–Trinajstić information content (AvgIpc) is 2.46. The molecule has 0 spiro atoms. The fraction of sp³-hybridized carbons (Fsp3) is 0.889. The number of hydrogen-bond acceptors (Lipinski definition) is 4. The third-order valence-electron chi connectivity index (χ3n) is 4.30. The molecular weight excluding hydrogens is 294 g/mol. The van der Waals surface area contributed by atoms with E-state index < -0.39 is 11.7 Å². The smallest absolute Gasteiger partial charge is 0.407 e. The third kappa shape index (κ3) is 6.80. The maximum absolute atomic E-state index is 12.3. The average molecular weight is 327 g/mol.